The Kier molecular flexibility index (Phi) is 3.13. The third-order valence-electron chi connectivity index (χ3n) is 4.61. The zero-order valence-corrected chi connectivity index (χ0v) is 11.2. The van der Waals surface area contributed by atoms with E-state index in [1.807, 2.05) is 24.3 Å². The first kappa shape index (κ1) is 12.4. The van der Waals surface area contributed by atoms with E-state index < -0.39 is 11.9 Å². The molecule has 100 valence electrons. The highest BCUT2D eigenvalue weighted by Gasteiger charge is 2.40. The number of carboxylic acid groups (broad SMARTS) is 1. The van der Waals surface area contributed by atoms with Gasteiger partial charge in [0.1, 0.15) is 0 Å². The summed E-state index contributed by atoms with van der Waals surface area (Å²) in [5.41, 5.74) is 2.85. The van der Waals surface area contributed by atoms with Gasteiger partial charge in [-0.1, -0.05) is 31.5 Å². The molecule has 1 saturated carbocycles. The van der Waals surface area contributed by atoms with Crippen molar-refractivity contribution in [2.75, 3.05) is 0 Å². The molecule has 1 aliphatic carbocycles. The quantitative estimate of drug-likeness (QED) is 0.876. The number of aliphatic carboxylic acids is 1. The predicted octanol–water partition coefficient (Wildman–Crippen LogP) is 3.77. The summed E-state index contributed by atoms with van der Waals surface area (Å²) in [6.07, 6.45) is 4.22. The lowest BCUT2D eigenvalue weighted by molar-refractivity contribution is -0.139. The Bertz CT molecular complexity index is 535. The van der Waals surface area contributed by atoms with Crippen LogP contribution in [0.3, 0.4) is 0 Å². The highest BCUT2D eigenvalue weighted by molar-refractivity contribution is 5.98. The summed E-state index contributed by atoms with van der Waals surface area (Å²) in [5.74, 6) is -0.359. The number of carbonyl (C=O) groups is 1. The van der Waals surface area contributed by atoms with Crippen molar-refractivity contribution in [1.29, 1.82) is 0 Å². The van der Waals surface area contributed by atoms with Gasteiger partial charge < -0.3 is 5.11 Å². The van der Waals surface area contributed by atoms with Crippen LogP contribution in [-0.2, 0) is 4.79 Å². The second kappa shape index (κ2) is 4.80. The maximum absolute atomic E-state index is 11.7. The van der Waals surface area contributed by atoms with Gasteiger partial charge in [0.15, 0.2) is 0 Å². The molecule has 0 saturated heterocycles. The SMILES string of the molecule is CC[C@@H]1CCC2=Nc3ccccc3[C@@H](C(=O)O)[C@H]2C1. The number of rotatable bonds is 2. The van der Waals surface area contributed by atoms with Crippen LogP contribution in [0.4, 0.5) is 5.69 Å². The first-order chi connectivity index (χ1) is 9.20. The molecule has 1 aromatic carbocycles. The van der Waals surface area contributed by atoms with Crippen LogP contribution >= 0.6 is 0 Å². The summed E-state index contributed by atoms with van der Waals surface area (Å²) in [6.45, 7) is 2.19. The molecule has 0 radical (unpaired) electrons. The number of fused-ring (bicyclic) bond motifs is 2. The van der Waals surface area contributed by atoms with E-state index in [0.717, 1.165) is 42.6 Å². The Morgan fingerprint density at radius 1 is 1.42 bits per heavy atom. The molecule has 1 heterocycles. The van der Waals surface area contributed by atoms with Crippen LogP contribution in [0, 0.1) is 11.8 Å². The average Bonchev–Trinajstić information content (AvgIpc) is 2.43. The molecular formula is C16H19NO2. The largest absolute Gasteiger partial charge is 0.481 e. The van der Waals surface area contributed by atoms with Crippen LogP contribution in [0.5, 0.6) is 0 Å². The summed E-state index contributed by atoms with van der Waals surface area (Å²) in [6, 6.07) is 7.69. The summed E-state index contributed by atoms with van der Waals surface area (Å²) in [4.78, 5) is 16.4. The lowest BCUT2D eigenvalue weighted by atomic mass is 9.69. The van der Waals surface area contributed by atoms with Crippen molar-refractivity contribution < 1.29 is 9.90 Å². The number of nitrogens with zero attached hydrogens (tertiary/aromatic N) is 1. The number of benzene rings is 1. The van der Waals surface area contributed by atoms with E-state index in [1.54, 1.807) is 0 Å². The van der Waals surface area contributed by atoms with Gasteiger partial charge in [-0.25, -0.2) is 0 Å². The van der Waals surface area contributed by atoms with E-state index in [4.69, 9.17) is 4.99 Å². The second-order valence-corrected chi connectivity index (χ2v) is 5.63. The highest BCUT2D eigenvalue weighted by atomic mass is 16.4. The minimum atomic E-state index is -0.707. The van der Waals surface area contributed by atoms with Gasteiger partial charge in [-0.3, -0.25) is 9.79 Å². The van der Waals surface area contributed by atoms with Crippen molar-refractivity contribution >= 4 is 17.4 Å². The van der Waals surface area contributed by atoms with Crippen LogP contribution in [0.1, 0.15) is 44.1 Å². The summed E-state index contributed by atoms with van der Waals surface area (Å²) in [7, 11) is 0. The lowest BCUT2D eigenvalue weighted by Crippen LogP contribution is -2.35. The van der Waals surface area contributed by atoms with E-state index in [-0.39, 0.29) is 5.92 Å². The third kappa shape index (κ3) is 2.07. The molecule has 0 spiro atoms. The molecular weight excluding hydrogens is 238 g/mol. The molecule has 0 amide bonds. The van der Waals surface area contributed by atoms with E-state index in [9.17, 15) is 9.90 Å². The van der Waals surface area contributed by atoms with Crippen molar-refractivity contribution in [1.82, 2.24) is 0 Å². The van der Waals surface area contributed by atoms with Crippen molar-refractivity contribution in [3.05, 3.63) is 29.8 Å². The lowest BCUT2D eigenvalue weighted by Gasteiger charge is -2.37. The minimum absolute atomic E-state index is 0.103. The van der Waals surface area contributed by atoms with Crippen molar-refractivity contribution in [2.24, 2.45) is 16.8 Å². The van der Waals surface area contributed by atoms with Crippen LogP contribution in [0.25, 0.3) is 0 Å². The maximum atomic E-state index is 11.7. The van der Waals surface area contributed by atoms with Crippen LogP contribution < -0.4 is 0 Å². The normalized spacial score (nSPS) is 29.1. The van der Waals surface area contributed by atoms with Gasteiger partial charge in [-0.15, -0.1) is 0 Å². The number of para-hydroxylation sites is 1. The van der Waals surface area contributed by atoms with Gasteiger partial charge in [0.25, 0.3) is 0 Å². The van der Waals surface area contributed by atoms with Crippen LogP contribution in [-0.4, -0.2) is 16.8 Å². The molecule has 0 unspecified atom stereocenters. The van der Waals surface area contributed by atoms with E-state index in [2.05, 4.69) is 6.92 Å². The fourth-order valence-corrected chi connectivity index (χ4v) is 3.52. The highest BCUT2D eigenvalue weighted by Crippen LogP contribution is 2.45. The average molecular weight is 257 g/mol. The Morgan fingerprint density at radius 3 is 2.95 bits per heavy atom. The van der Waals surface area contributed by atoms with Gasteiger partial charge in [-0.05, 0) is 36.8 Å². The Morgan fingerprint density at radius 2 is 2.21 bits per heavy atom. The molecule has 1 fully saturated rings. The molecule has 0 aromatic heterocycles. The third-order valence-corrected chi connectivity index (χ3v) is 4.61. The van der Waals surface area contributed by atoms with E-state index in [1.165, 1.54) is 0 Å². The molecule has 2 aliphatic rings. The minimum Gasteiger partial charge on any atom is -0.481 e. The van der Waals surface area contributed by atoms with Gasteiger partial charge in [-0.2, -0.15) is 0 Å². The number of hydrogen-bond acceptors (Lipinski definition) is 2. The summed E-state index contributed by atoms with van der Waals surface area (Å²) >= 11 is 0. The van der Waals surface area contributed by atoms with Gasteiger partial charge in [0.05, 0.1) is 11.6 Å². The van der Waals surface area contributed by atoms with Crippen LogP contribution in [0.2, 0.25) is 0 Å². The maximum Gasteiger partial charge on any atom is 0.311 e. The standard InChI is InChI=1S/C16H19NO2/c1-2-10-7-8-14-12(9-10)15(16(18)19)11-5-3-4-6-13(11)17-14/h3-6,10,12,15H,2,7-9H2,1H3,(H,18,19)/t10-,12+,15-/m1/s1. The summed E-state index contributed by atoms with van der Waals surface area (Å²) < 4.78 is 0. The smallest absolute Gasteiger partial charge is 0.311 e. The Balaban J connectivity index is 2.05. The van der Waals surface area contributed by atoms with E-state index in [0.29, 0.717) is 5.92 Å². The molecule has 3 heteroatoms. The van der Waals surface area contributed by atoms with Crippen molar-refractivity contribution in [2.45, 2.75) is 38.5 Å². The Hall–Kier alpha value is -1.64. The molecule has 1 aliphatic heterocycles. The van der Waals surface area contributed by atoms with Gasteiger partial charge in [0.2, 0.25) is 0 Å². The molecule has 0 bridgehead atoms. The molecule has 3 nitrogen and oxygen atoms in total. The fraction of sp³-hybridized carbons (Fsp3) is 0.500. The summed E-state index contributed by atoms with van der Waals surface area (Å²) in [5, 5.41) is 9.63. The Labute approximate surface area is 113 Å². The molecule has 3 rings (SSSR count). The number of aliphatic imine (C=N–C) groups is 1. The van der Waals surface area contributed by atoms with Gasteiger partial charge >= 0.3 is 5.97 Å². The first-order valence-corrected chi connectivity index (χ1v) is 7.10. The number of hydrogen-bond donors (Lipinski definition) is 1. The molecule has 3 atom stereocenters. The first-order valence-electron chi connectivity index (χ1n) is 7.10. The topological polar surface area (TPSA) is 49.7 Å². The molecule has 1 N–H and O–H groups in total. The zero-order valence-electron chi connectivity index (χ0n) is 11.2. The zero-order chi connectivity index (χ0) is 13.4. The van der Waals surface area contributed by atoms with Crippen molar-refractivity contribution in [3.8, 4) is 0 Å². The monoisotopic (exact) mass is 257 g/mol. The van der Waals surface area contributed by atoms with Crippen molar-refractivity contribution in [3.63, 3.8) is 0 Å². The van der Waals surface area contributed by atoms with Crippen LogP contribution in [0.15, 0.2) is 29.3 Å². The fourth-order valence-electron chi connectivity index (χ4n) is 3.52. The predicted molar refractivity (Wildman–Crippen MR) is 75.0 cm³/mol. The number of carboxylic acids is 1. The van der Waals surface area contributed by atoms with E-state index >= 15 is 0 Å². The van der Waals surface area contributed by atoms with Gasteiger partial charge in [0, 0.05) is 11.6 Å². The molecule has 19 heavy (non-hydrogen) atoms. The second-order valence-electron chi connectivity index (χ2n) is 5.63. The molecule has 1 aromatic rings.